The number of hydrogen-bond acceptors (Lipinski definition) is 5. The molecule has 0 aliphatic heterocycles. The van der Waals surface area contributed by atoms with Crippen molar-refractivity contribution >= 4 is 5.78 Å². The van der Waals surface area contributed by atoms with Gasteiger partial charge in [0.15, 0.2) is 5.78 Å². The molecule has 0 fully saturated rings. The van der Waals surface area contributed by atoms with Gasteiger partial charge in [-0.1, -0.05) is 6.08 Å². The summed E-state index contributed by atoms with van der Waals surface area (Å²) in [6, 6.07) is 0. The van der Waals surface area contributed by atoms with Gasteiger partial charge in [-0.25, -0.2) is 0 Å². The molecule has 0 aromatic rings. The highest BCUT2D eigenvalue weighted by molar-refractivity contribution is 5.91. The summed E-state index contributed by atoms with van der Waals surface area (Å²) >= 11 is 0. The van der Waals surface area contributed by atoms with E-state index in [1.807, 2.05) is 0 Å². The van der Waals surface area contributed by atoms with Crippen LogP contribution in [0.1, 0.15) is 26.7 Å². The molecule has 0 radical (unpaired) electrons. The summed E-state index contributed by atoms with van der Waals surface area (Å²) in [6.07, 6.45) is 6.92. The van der Waals surface area contributed by atoms with Crippen LogP contribution in [-0.4, -0.2) is 23.6 Å². The van der Waals surface area contributed by atoms with Crippen LogP contribution in [0.25, 0.3) is 0 Å². The van der Waals surface area contributed by atoms with Crippen molar-refractivity contribution in [2.75, 3.05) is 7.11 Å². The topological polar surface area (TPSA) is 65.0 Å². The first kappa shape index (κ1) is 14.6. The Morgan fingerprint density at radius 2 is 2.28 bits per heavy atom. The van der Waals surface area contributed by atoms with Gasteiger partial charge in [0.25, 0.3) is 0 Å². The average molecular weight is 254 g/mol. The fraction of sp³-hybridized carbons (Fsp3) is 0.462. The maximum absolute atomic E-state index is 11.2. The predicted molar refractivity (Wildman–Crippen MR) is 65.0 cm³/mol. The van der Waals surface area contributed by atoms with Crippen LogP contribution in [0.4, 0.5) is 0 Å². The number of carbonyl (C=O) groups excluding carboxylic acids is 1. The van der Waals surface area contributed by atoms with E-state index >= 15 is 0 Å². The number of allylic oxidation sites excluding steroid dienone is 3. The maximum atomic E-state index is 11.2. The van der Waals surface area contributed by atoms with Crippen LogP contribution in [0.5, 0.6) is 0 Å². The minimum Gasteiger partial charge on any atom is -0.381 e. The van der Waals surface area contributed by atoms with Crippen LogP contribution in [0.15, 0.2) is 35.6 Å². The van der Waals surface area contributed by atoms with Crippen LogP contribution in [0.2, 0.25) is 0 Å². The second kappa shape index (κ2) is 6.49. The van der Waals surface area contributed by atoms with Gasteiger partial charge in [-0.15, -0.1) is 0 Å². The first-order chi connectivity index (χ1) is 8.48. The molecule has 1 aliphatic rings. The molecule has 1 rings (SSSR count). The van der Waals surface area contributed by atoms with Gasteiger partial charge in [-0.3, -0.25) is 4.79 Å². The second-order valence-corrected chi connectivity index (χ2v) is 4.24. The molecule has 1 unspecified atom stereocenters. The molecule has 18 heavy (non-hydrogen) atoms. The molecule has 1 aliphatic carbocycles. The molecule has 1 N–H and O–H groups in total. The Labute approximate surface area is 106 Å². The van der Waals surface area contributed by atoms with Crippen LogP contribution < -0.4 is 0 Å². The summed E-state index contributed by atoms with van der Waals surface area (Å²) in [5.74, 6) is 0.0506. The Balaban J connectivity index is 2.68. The summed E-state index contributed by atoms with van der Waals surface area (Å²) < 4.78 is 0. The third-order valence-corrected chi connectivity index (χ3v) is 2.78. The van der Waals surface area contributed by atoms with E-state index in [-0.39, 0.29) is 5.78 Å². The van der Waals surface area contributed by atoms with E-state index < -0.39 is 5.60 Å². The Kier molecular flexibility index (Phi) is 5.27. The minimum absolute atomic E-state index is 0.0506. The number of hydrogen-bond donors (Lipinski definition) is 1. The van der Waals surface area contributed by atoms with Crippen molar-refractivity contribution in [3.8, 4) is 0 Å². The molecule has 0 aromatic heterocycles. The third-order valence-electron chi connectivity index (χ3n) is 2.78. The zero-order valence-electron chi connectivity index (χ0n) is 10.8. The van der Waals surface area contributed by atoms with Gasteiger partial charge in [0.2, 0.25) is 0 Å². The Bertz CT molecular complexity index is 394. The number of carbonyl (C=O) groups is 1. The normalized spacial score (nSPS) is 25.4. The molecular weight excluding hydrogens is 236 g/mol. The molecule has 0 spiro atoms. The molecule has 0 saturated heterocycles. The highest BCUT2D eigenvalue weighted by atomic mass is 17.5. The first-order valence-corrected chi connectivity index (χ1v) is 5.64. The minimum atomic E-state index is -1.06. The zero-order valence-corrected chi connectivity index (χ0v) is 10.8. The molecule has 0 saturated carbocycles. The Morgan fingerprint density at radius 3 is 2.89 bits per heavy atom. The lowest BCUT2D eigenvalue weighted by atomic mass is 9.83. The van der Waals surface area contributed by atoms with E-state index in [2.05, 4.69) is 14.8 Å². The number of ketones is 1. The van der Waals surface area contributed by atoms with Crippen molar-refractivity contribution in [1.29, 1.82) is 0 Å². The molecule has 0 aromatic carbocycles. The SMILES string of the molecule is COOO/C=C(C)\C=C\C1(O)CCC(=O)C=C1C. The molecule has 5 nitrogen and oxygen atoms in total. The monoisotopic (exact) mass is 254 g/mol. The van der Waals surface area contributed by atoms with Crippen molar-refractivity contribution in [3.05, 3.63) is 35.6 Å². The highest BCUT2D eigenvalue weighted by Gasteiger charge is 2.30. The smallest absolute Gasteiger partial charge is 0.155 e. The van der Waals surface area contributed by atoms with Gasteiger partial charge in [-0.2, -0.15) is 4.89 Å². The third kappa shape index (κ3) is 4.10. The van der Waals surface area contributed by atoms with E-state index in [1.54, 1.807) is 26.0 Å². The van der Waals surface area contributed by atoms with E-state index in [0.717, 1.165) is 5.57 Å². The van der Waals surface area contributed by atoms with Gasteiger partial charge < -0.3 is 9.99 Å². The van der Waals surface area contributed by atoms with Gasteiger partial charge in [-0.05, 0) is 48.6 Å². The Hall–Kier alpha value is -1.43. The van der Waals surface area contributed by atoms with E-state index in [9.17, 15) is 9.90 Å². The lowest BCUT2D eigenvalue weighted by molar-refractivity contribution is -0.478. The van der Waals surface area contributed by atoms with Crippen molar-refractivity contribution in [2.45, 2.75) is 32.3 Å². The Morgan fingerprint density at radius 1 is 1.56 bits per heavy atom. The molecule has 5 heteroatoms. The number of aliphatic hydroxyl groups is 1. The molecule has 100 valence electrons. The lowest BCUT2D eigenvalue weighted by Gasteiger charge is -2.28. The van der Waals surface area contributed by atoms with Crippen LogP contribution in [-0.2, 0) is 19.6 Å². The molecule has 0 heterocycles. The lowest BCUT2D eigenvalue weighted by Crippen LogP contribution is -2.31. The molecule has 1 atom stereocenters. The van der Waals surface area contributed by atoms with E-state index in [0.29, 0.717) is 18.4 Å². The summed E-state index contributed by atoms with van der Waals surface area (Å²) in [4.78, 5) is 20.0. The van der Waals surface area contributed by atoms with Crippen molar-refractivity contribution in [3.63, 3.8) is 0 Å². The van der Waals surface area contributed by atoms with E-state index in [1.165, 1.54) is 19.4 Å². The zero-order chi connectivity index (χ0) is 13.6. The number of rotatable bonds is 5. The quantitative estimate of drug-likeness (QED) is 0.267. The predicted octanol–water partition coefficient (Wildman–Crippen LogP) is 2.00. The summed E-state index contributed by atoms with van der Waals surface area (Å²) in [5.41, 5.74) is 0.326. The summed E-state index contributed by atoms with van der Waals surface area (Å²) in [6.45, 7) is 3.52. The van der Waals surface area contributed by atoms with Crippen LogP contribution in [0, 0.1) is 0 Å². The standard InChI is InChI=1S/C13H18O5/c1-10(9-17-18-16-3)4-6-13(15)7-5-12(14)8-11(13)2/h4,6,8-9,15H,5,7H2,1-3H3/b6-4+,10-9-. The first-order valence-electron chi connectivity index (χ1n) is 5.64. The highest BCUT2D eigenvalue weighted by Crippen LogP contribution is 2.29. The fourth-order valence-electron chi connectivity index (χ4n) is 1.61. The maximum Gasteiger partial charge on any atom is 0.155 e. The van der Waals surface area contributed by atoms with Crippen molar-refractivity contribution < 1.29 is 24.7 Å². The fourth-order valence-corrected chi connectivity index (χ4v) is 1.61. The van der Waals surface area contributed by atoms with E-state index in [4.69, 9.17) is 0 Å². The molecular formula is C13H18O5. The van der Waals surface area contributed by atoms with Gasteiger partial charge in [0, 0.05) is 6.42 Å². The average Bonchev–Trinajstić information content (AvgIpc) is 2.33. The molecule has 0 bridgehead atoms. The second-order valence-electron chi connectivity index (χ2n) is 4.24. The molecule has 0 amide bonds. The van der Waals surface area contributed by atoms with Gasteiger partial charge in [0.1, 0.15) is 11.9 Å². The van der Waals surface area contributed by atoms with Crippen molar-refractivity contribution in [2.24, 2.45) is 0 Å². The van der Waals surface area contributed by atoms with Gasteiger partial charge >= 0.3 is 0 Å². The van der Waals surface area contributed by atoms with Crippen LogP contribution >= 0.6 is 0 Å². The van der Waals surface area contributed by atoms with Crippen molar-refractivity contribution in [1.82, 2.24) is 0 Å². The van der Waals surface area contributed by atoms with Gasteiger partial charge in [0.05, 0.1) is 7.11 Å². The van der Waals surface area contributed by atoms with Crippen LogP contribution in [0.3, 0.4) is 0 Å². The summed E-state index contributed by atoms with van der Waals surface area (Å²) in [5, 5.41) is 14.6. The largest absolute Gasteiger partial charge is 0.381 e. The summed E-state index contributed by atoms with van der Waals surface area (Å²) in [7, 11) is 1.33.